The van der Waals surface area contributed by atoms with E-state index in [1.807, 2.05) is 0 Å². The van der Waals surface area contributed by atoms with E-state index in [-0.39, 0.29) is 5.28 Å². The van der Waals surface area contributed by atoms with Crippen molar-refractivity contribution in [3.63, 3.8) is 0 Å². The van der Waals surface area contributed by atoms with Crippen LogP contribution in [0.2, 0.25) is 5.28 Å². The molecule has 0 aliphatic rings. The number of rotatable bonds is 2. The van der Waals surface area contributed by atoms with E-state index in [1.54, 1.807) is 37.1 Å². The Morgan fingerprint density at radius 3 is 2.88 bits per heavy atom. The first-order valence-electron chi connectivity index (χ1n) is 4.77. The summed E-state index contributed by atoms with van der Waals surface area (Å²) in [5.74, 6) is 0.815. The lowest BCUT2D eigenvalue weighted by Gasteiger charge is -2.01. The van der Waals surface area contributed by atoms with E-state index >= 15 is 0 Å². The van der Waals surface area contributed by atoms with Gasteiger partial charge in [0.05, 0.1) is 11.8 Å². The summed E-state index contributed by atoms with van der Waals surface area (Å²) in [4.78, 5) is 12.3. The van der Waals surface area contributed by atoms with E-state index < -0.39 is 0 Å². The molecule has 0 atom stereocenters. The van der Waals surface area contributed by atoms with Crippen LogP contribution < -0.4 is 0 Å². The average molecular weight is 248 g/mol. The van der Waals surface area contributed by atoms with Crippen LogP contribution >= 0.6 is 11.6 Å². The average Bonchev–Trinajstić information content (AvgIpc) is 3.02. The van der Waals surface area contributed by atoms with Crippen LogP contribution in [0.3, 0.4) is 0 Å². The molecule has 0 saturated heterocycles. The minimum Gasteiger partial charge on any atom is -0.472 e. The van der Waals surface area contributed by atoms with Gasteiger partial charge in [-0.1, -0.05) is 0 Å². The molecule has 84 valence electrons. The fraction of sp³-hybridized carbons (Fsp3) is 0. The Kier molecular flexibility index (Phi) is 2.34. The Hall–Kier alpha value is -2.21. The minimum atomic E-state index is 0.113. The van der Waals surface area contributed by atoms with E-state index in [2.05, 4.69) is 20.1 Å². The first kappa shape index (κ1) is 9.98. The summed E-state index contributed by atoms with van der Waals surface area (Å²) in [5.41, 5.74) is 0.739. The van der Waals surface area contributed by atoms with Gasteiger partial charge >= 0.3 is 0 Å². The Labute approximate surface area is 101 Å². The SMILES string of the molecule is Clc1nc(-c2ccoc2)nc(-n2cccn2)n1. The lowest BCUT2D eigenvalue weighted by Crippen LogP contribution is -2.04. The van der Waals surface area contributed by atoms with Gasteiger partial charge in [-0.2, -0.15) is 20.1 Å². The van der Waals surface area contributed by atoms with Gasteiger partial charge in [0.25, 0.3) is 5.95 Å². The van der Waals surface area contributed by atoms with Gasteiger partial charge in [0.2, 0.25) is 5.28 Å². The molecule has 6 nitrogen and oxygen atoms in total. The minimum absolute atomic E-state index is 0.113. The molecule has 3 aromatic heterocycles. The summed E-state index contributed by atoms with van der Waals surface area (Å²) in [6, 6.07) is 3.52. The van der Waals surface area contributed by atoms with Gasteiger partial charge < -0.3 is 4.42 Å². The van der Waals surface area contributed by atoms with Crippen LogP contribution in [0.25, 0.3) is 17.3 Å². The summed E-state index contributed by atoms with van der Waals surface area (Å²) in [5, 5.41) is 4.14. The predicted molar refractivity (Wildman–Crippen MR) is 59.7 cm³/mol. The molecule has 0 amide bonds. The number of halogens is 1. The zero-order valence-corrected chi connectivity index (χ0v) is 9.24. The zero-order valence-electron chi connectivity index (χ0n) is 8.49. The fourth-order valence-corrected chi connectivity index (χ4v) is 1.51. The molecule has 0 saturated carbocycles. The standard InChI is InChI=1S/C10H6ClN5O/c11-9-13-8(7-2-5-17-6-7)14-10(15-9)16-4-1-3-12-16/h1-6H. The third-order valence-corrected chi connectivity index (χ3v) is 2.25. The summed E-state index contributed by atoms with van der Waals surface area (Å²) >= 11 is 5.85. The molecule has 0 aliphatic carbocycles. The molecule has 0 spiro atoms. The van der Waals surface area contributed by atoms with Gasteiger partial charge in [-0.15, -0.1) is 0 Å². The highest BCUT2D eigenvalue weighted by Crippen LogP contribution is 2.17. The van der Waals surface area contributed by atoms with Crippen molar-refractivity contribution in [2.75, 3.05) is 0 Å². The third kappa shape index (κ3) is 1.90. The van der Waals surface area contributed by atoms with Gasteiger partial charge in [-0.3, -0.25) is 0 Å². The number of hydrogen-bond acceptors (Lipinski definition) is 5. The summed E-state index contributed by atoms with van der Waals surface area (Å²) in [6.45, 7) is 0. The molecule has 0 N–H and O–H groups in total. The highest BCUT2D eigenvalue weighted by molar-refractivity contribution is 6.28. The molecule has 3 heterocycles. The summed E-state index contributed by atoms with van der Waals surface area (Å²) in [6.07, 6.45) is 6.44. The summed E-state index contributed by atoms with van der Waals surface area (Å²) in [7, 11) is 0. The topological polar surface area (TPSA) is 69.6 Å². The van der Waals surface area contributed by atoms with E-state index in [0.29, 0.717) is 11.8 Å². The highest BCUT2D eigenvalue weighted by Gasteiger charge is 2.09. The highest BCUT2D eigenvalue weighted by atomic mass is 35.5. The molecule has 17 heavy (non-hydrogen) atoms. The van der Waals surface area contributed by atoms with Crippen LogP contribution in [0.5, 0.6) is 0 Å². The molecule has 0 fully saturated rings. The number of furan rings is 1. The Balaban J connectivity index is 2.13. The second-order valence-corrected chi connectivity index (χ2v) is 3.53. The zero-order chi connectivity index (χ0) is 11.7. The maximum Gasteiger partial charge on any atom is 0.255 e. The molecule has 0 radical (unpaired) electrons. The van der Waals surface area contributed by atoms with Crippen LogP contribution in [-0.2, 0) is 0 Å². The van der Waals surface area contributed by atoms with E-state index in [4.69, 9.17) is 16.0 Å². The van der Waals surface area contributed by atoms with Crippen molar-refractivity contribution < 1.29 is 4.42 Å². The molecule has 3 rings (SSSR count). The van der Waals surface area contributed by atoms with Crippen molar-refractivity contribution in [2.45, 2.75) is 0 Å². The molecular formula is C10H6ClN5O. The molecule has 0 aromatic carbocycles. The third-order valence-electron chi connectivity index (χ3n) is 2.09. The molecule has 0 aliphatic heterocycles. The van der Waals surface area contributed by atoms with E-state index in [0.717, 1.165) is 5.56 Å². The molecular weight excluding hydrogens is 242 g/mol. The predicted octanol–water partition coefficient (Wildman–Crippen LogP) is 1.97. The van der Waals surface area contributed by atoms with E-state index in [1.165, 1.54) is 4.68 Å². The molecule has 0 bridgehead atoms. The maximum absolute atomic E-state index is 5.85. The monoisotopic (exact) mass is 247 g/mol. The largest absolute Gasteiger partial charge is 0.472 e. The van der Waals surface area contributed by atoms with Crippen LogP contribution in [0.1, 0.15) is 0 Å². The van der Waals surface area contributed by atoms with Crippen molar-refractivity contribution in [2.24, 2.45) is 0 Å². The Morgan fingerprint density at radius 2 is 2.18 bits per heavy atom. The summed E-state index contributed by atoms with van der Waals surface area (Å²) < 4.78 is 6.48. The smallest absolute Gasteiger partial charge is 0.255 e. The van der Waals surface area contributed by atoms with Crippen molar-refractivity contribution in [3.8, 4) is 17.3 Å². The first-order chi connectivity index (χ1) is 8.33. The molecule has 3 aromatic rings. The van der Waals surface area contributed by atoms with Crippen LogP contribution in [-0.4, -0.2) is 24.7 Å². The molecule has 0 unspecified atom stereocenters. The van der Waals surface area contributed by atoms with Crippen molar-refractivity contribution >= 4 is 11.6 Å². The quantitative estimate of drug-likeness (QED) is 0.692. The van der Waals surface area contributed by atoms with Crippen molar-refractivity contribution in [1.29, 1.82) is 0 Å². The first-order valence-corrected chi connectivity index (χ1v) is 5.15. The van der Waals surface area contributed by atoms with E-state index in [9.17, 15) is 0 Å². The second kappa shape index (κ2) is 3.99. The fourth-order valence-electron chi connectivity index (χ4n) is 1.35. The Bertz CT molecular complexity index is 568. The van der Waals surface area contributed by atoms with Gasteiger partial charge in [-0.25, -0.2) is 4.68 Å². The lowest BCUT2D eigenvalue weighted by molar-refractivity contribution is 0.568. The van der Waals surface area contributed by atoms with Crippen LogP contribution in [0, 0.1) is 0 Å². The van der Waals surface area contributed by atoms with Crippen molar-refractivity contribution in [1.82, 2.24) is 24.7 Å². The second-order valence-electron chi connectivity index (χ2n) is 3.19. The number of nitrogens with zero attached hydrogens (tertiary/aromatic N) is 5. The normalized spacial score (nSPS) is 10.6. The van der Waals surface area contributed by atoms with Crippen molar-refractivity contribution in [3.05, 3.63) is 42.3 Å². The van der Waals surface area contributed by atoms with Gasteiger partial charge in [0.15, 0.2) is 5.82 Å². The maximum atomic E-state index is 5.85. The lowest BCUT2D eigenvalue weighted by atomic mass is 10.3. The van der Waals surface area contributed by atoms with Crippen LogP contribution in [0.15, 0.2) is 41.5 Å². The van der Waals surface area contributed by atoms with Gasteiger partial charge in [-0.05, 0) is 23.7 Å². The van der Waals surface area contributed by atoms with Gasteiger partial charge in [0, 0.05) is 12.4 Å². The number of hydrogen-bond donors (Lipinski definition) is 0. The number of aromatic nitrogens is 5. The molecule has 7 heteroatoms. The Morgan fingerprint density at radius 1 is 1.24 bits per heavy atom. The van der Waals surface area contributed by atoms with Crippen LogP contribution in [0.4, 0.5) is 0 Å². The van der Waals surface area contributed by atoms with Gasteiger partial charge in [0.1, 0.15) is 6.26 Å².